The number of ether oxygens (including phenoxy) is 2. The Hall–Kier alpha value is -1.62. The third-order valence-corrected chi connectivity index (χ3v) is 6.37. The fraction of sp³-hybridized carbons (Fsp3) is 0.636. The van der Waals surface area contributed by atoms with Gasteiger partial charge in [-0.15, -0.1) is 0 Å². The number of hydrogen-bond acceptors (Lipinski definition) is 4. The van der Waals surface area contributed by atoms with Gasteiger partial charge in [0.2, 0.25) is 5.91 Å². The molecule has 1 amide bonds. The normalized spacial score (nSPS) is 30.1. The molecule has 2 fully saturated rings. The van der Waals surface area contributed by atoms with E-state index in [1.54, 1.807) is 0 Å². The van der Waals surface area contributed by atoms with Crippen LogP contribution in [-0.4, -0.2) is 34.2 Å². The van der Waals surface area contributed by atoms with E-state index in [-0.39, 0.29) is 29.3 Å². The van der Waals surface area contributed by atoms with Crippen LogP contribution >= 0.6 is 12.2 Å². The van der Waals surface area contributed by atoms with Crippen LogP contribution in [0.15, 0.2) is 30.3 Å². The molecule has 2 aliphatic heterocycles. The number of hydrogen-bond donors (Lipinski definition) is 0. The Morgan fingerprint density at radius 2 is 1.85 bits per heavy atom. The van der Waals surface area contributed by atoms with Crippen molar-refractivity contribution in [2.24, 2.45) is 11.8 Å². The van der Waals surface area contributed by atoms with E-state index in [1.807, 2.05) is 30.3 Å². The van der Waals surface area contributed by atoms with Crippen molar-refractivity contribution in [3.05, 3.63) is 30.3 Å². The van der Waals surface area contributed by atoms with Crippen LogP contribution in [0.1, 0.15) is 59.3 Å². The van der Waals surface area contributed by atoms with Crippen LogP contribution in [0.5, 0.6) is 5.75 Å². The fourth-order valence-corrected chi connectivity index (χ4v) is 5.30. The Morgan fingerprint density at radius 1 is 1.15 bits per heavy atom. The Balaban J connectivity index is 1.82. The summed E-state index contributed by atoms with van der Waals surface area (Å²) in [5, 5.41) is 0.191. The van der Waals surface area contributed by atoms with Crippen LogP contribution in [0.25, 0.3) is 0 Å². The summed E-state index contributed by atoms with van der Waals surface area (Å²) < 4.78 is 12.1. The third-order valence-electron chi connectivity index (χ3n) is 6.19. The second kappa shape index (κ2) is 9.05. The zero-order chi connectivity index (χ0) is 19.4. The van der Waals surface area contributed by atoms with E-state index in [4.69, 9.17) is 21.7 Å². The highest BCUT2D eigenvalue weighted by atomic mass is 32.1. The molecule has 1 aromatic rings. The van der Waals surface area contributed by atoms with Crippen molar-refractivity contribution >= 4 is 23.4 Å². The summed E-state index contributed by atoms with van der Waals surface area (Å²) in [6, 6.07) is 10.0. The van der Waals surface area contributed by atoms with E-state index in [9.17, 15) is 4.79 Å². The average Bonchev–Trinajstić information content (AvgIpc) is 3.04. The van der Waals surface area contributed by atoms with Crippen molar-refractivity contribution in [2.45, 2.75) is 77.5 Å². The molecule has 0 radical (unpaired) electrons. The SMILES string of the molecule is CCC[C@H]1[C@H](CC)[C@H](OC(=S)Oc2ccccc2)[C@H](CC)[C@@H]2CCC(=O)N12. The van der Waals surface area contributed by atoms with Gasteiger partial charge in [-0.05, 0) is 37.8 Å². The zero-order valence-electron chi connectivity index (χ0n) is 16.6. The van der Waals surface area contributed by atoms with Crippen molar-refractivity contribution in [2.75, 3.05) is 0 Å². The molecule has 0 bridgehead atoms. The van der Waals surface area contributed by atoms with Gasteiger partial charge in [0.25, 0.3) is 0 Å². The first kappa shape index (κ1) is 20.1. The van der Waals surface area contributed by atoms with Gasteiger partial charge in [-0.25, -0.2) is 0 Å². The molecule has 0 N–H and O–H groups in total. The molecule has 5 heteroatoms. The molecule has 0 saturated carbocycles. The summed E-state index contributed by atoms with van der Waals surface area (Å²) >= 11 is 5.44. The van der Waals surface area contributed by atoms with Gasteiger partial charge in [0.05, 0.1) is 0 Å². The molecule has 148 valence electrons. The van der Waals surface area contributed by atoms with Crippen molar-refractivity contribution < 1.29 is 14.3 Å². The third kappa shape index (κ3) is 4.13. The second-order valence-electron chi connectivity index (χ2n) is 7.65. The first-order valence-electron chi connectivity index (χ1n) is 10.3. The molecule has 27 heavy (non-hydrogen) atoms. The number of piperidine rings is 1. The summed E-state index contributed by atoms with van der Waals surface area (Å²) in [5.74, 6) is 1.59. The number of rotatable bonds is 6. The topological polar surface area (TPSA) is 38.8 Å². The van der Waals surface area contributed by atoms with Gasteiger partial charge in [0.15, 0.2) is 0 Å². The number of para-hydroxylation sites is 1. The number of nitrogens with zero attached hydrogens (tertiary/aromatic N) is 1. The fourth-order valence-electron chi connectivity index (χ4n) is 5.09. The summed E-state index contributed by atoms with van der Waals surface area (Å²) in [4.78, 5) is 14.8. The standard InChI is InChI=1S/C22H31NO3S/c1-4-10-18-16(5-2)21(17(6-3)19-13-14-20(24)23(18)19)26-22(27)25-15-11-8-7-9-12-15/h7-9,11-12,16-19,21H,4-6,10,13-14H2,1-3H3/t16-,17+,18-,19-,21-/m0/s1. The molecule has 0 aliphatic carbocycles. The highest BCUT2D eigenvalue weighted by Crippen LogP contribution is 2.44. The van der Waals surface area contributed by atoms with Crippen molar-refractivity contribution in [3.8, 4) is 5.75 Å². The van der Waals surface area contributed by atoms with E-state index < -0.39 is 0 Å². The molecular formula is C22H31NO3S. The predicted molar refractivity (Wildman–Crippen MR) is 111 cm³/mol. The number of fused-ring (bicyclic) bond motifs is 1. The number of carbonyl (C=O) groups excluding carboxylic acids is 1. The largest absolute Gasteiger partial charge is 0.453 e. The monoisotopic (exact) mass is 389 g/mol. The predicted octanol–water partition coefficient (Wildman–Crippen LogP) is 4.96. The van der Waals surface area contributed by atoms with Crippen LogP contribution in [0.2, 0.25) is 0 Å². The highest BCUT2D eigenvalue weighted by molar-refractivity contribution is 7.79. The minimum absolute atomic E-state index is 0.0000813. The Kier molecular flexibility index (Phi) is 6.74. The van der Waals surface area contributed by atoms with Gasteiger partial charge < -0.3 is 14.4 Å². The van der Waals surface area contributed by atoms with Crippen molar-refractivity contribution in [1.29, 1.82) is 0 Å². The second-order valence-corrected chi connectivity index (χ2v) is 7.99. The average molecular weight is 390 g/mol. The Labute approximate surface area is 168 Å². The summed E-state index contributed by atoms with van der Waals surface area (Å²) in [6.45, 7) is 6.57. The van der Waals surface area contributed by atoms with Crippen LogP contribution in [0, 0.1) is 11.8 Å². The number of carbonyl (C=O) groups is 1. The van der Waals surface area contributed by atoms with Gasteiger partial charge in [-0.3, -0.25) is 4.79 Å². The van der Waals surface area contributed by atoms with Crippen molar-refractivity contribution in [3.63, 3.8) is 0 Å². The van der Waals surface area contributed by atoms with Gasteiger partial charge in [-0.1, -0.05) is 45.4 Å². The molecular weight excluding hydrogens is 358 g/mol. The first-order chi connectivity index (χ1) is 13.1. The zero-order valence-corrected chi connectivity index (χ0v) is 17.4. The minimum atomic E-state index is -0.0000813. The lowest BCUT2D eigenvalue weighted by atomic mass is 9.72. The molecule has 1 aromatic carbocycles. The van der Waals surface area contributed by atoms with E-state index in [1.165, 1.54) is 0 Å². The maximum Gasteiger partial charge on any atom is 0.358 e. The summed E-state index contributed by atoms with van der Waals surface area (Å²) in [6.07, 6.45) is 5.61. The molecule has 2 heterocycles. The van der Waals surface area contributed by atoms with Crippen LogP contribution < -0.4 is 4.74 Å². The van der Waals surface area contributed by atoms with Gasteiger partial charge in [-0.2, -0.15) is 0 Å². The van der Waals surface area contributed by atoms with Gasteiger partial charge in [0, 0.05) is 42.6 Å². The lowest BCUT2D eigenvalue weighted by Gasteiger charge is -2.51. The Morgan fingerprint density at radius 3 is 2.48 bits per heavy atom. The van der Waals surface area contributed by atoms with Crippen LogP contribution in [0.4, 0.5) is 0 Å². The Bertz CT molecular complexity index is 650. The van der Waals surface area contributed by atoms with E-state index in [2.05, 4.69) is 25.7 Å². The molecule has 2 saturated heterocycles. The molecule has 3 rings (SSSR count). The maximum absolute atomic E-state index is 12.6. The molecule has 4 nitrogen and oxygen atoms in total. The molecule has 2 aliphatic rings. The quantitative estimate of drug-likeness (QED) is 0.645. The molecule has 0 aromatic heterocycles. The minimum Gasteiger partial charge on any atom is -0.453 e. The first-order valence-corrected chi connectivity index (χ1v) is 10.8. The maximum atomic E-state index is 12.6. The van der Waals surface area contributed by atoms with Crippen LogP contribution in [-0.2, 0) is 9.53 Å². The number of thiocarbonyl (C=S) groups is 1. The molecule has 0 spiro atoms. The van der Waals surface area contributed by atoms with Gasteiger partial charge >= 0.3 is 5.24 Å². The van der Waals surface area contributed by atoms with E-state index in [0.29, 0.717) is 24.0 Å². The van der Waals surface area contributed by atoms with E-state index >= 15 is 0 Å². The summed E-state index contributed by atoms with van der Waals surface area (Å²) in [5.41, 5.74) is 0. The summed E-state index contributed by atoms with van der Waals surface area (Å²) in [7, 11) is 0. The lowest BCUT2D eigenvalue weighted by molar-refractivity contribution is -0.144. The van der Waals surface area contributed by atoms with E-state index in [0.717, 1.165) is 32.1 Å². The van der Waals surface area contributed by atoms with Crippen molar-refractivity contribution in [1.82, 2.24) is 4.90 Å². The highest BCUT2D eigenvalue weighted by Gasteiger charge is 2.52. The number of benzene rings is 1. The van der Waals surface area contributed by atoms with Gasteiger partial charge in [0.1, 0.15) is 11.9 Å². The molecule has 0 unspecified atom stereocenters. The lowest BCUT2D eigenvalue weighted by Crippen LogP contribution is -2.60. The molecule has 5 atom stereocenters. The number of amides is 1. The van der Waals surface area contributed by atoms with Crippen LogP contribution in [0.3, 0.4) is 0 Å². The smallest absolute Gasteiger partial charge is 0.358 e.